The number of benzene rings is 2. The molecule has 2 heterocycles. The van der Waals surface area contributed by atoms with Gasteiger partial charge in [0.25, 0.3) is 10.0 Å². The van der Waals surface area contributed by atoms with E-state index in [0.717, 1.165) is 16.7 Å². The molecule has 0 saturated heterocycles. The number of sulfonamides is 1. The lowest BCUT2D eigenvalue weighted by Gasteiger charge is -2.13. The number of rotatable bonds is 7. The van der Waals surface area contributed by atoms with Crippen LogP contribution in [0.2, 0.25) is 0 Å². The molecule has 30 heavy (non-hydrogen) atoms. The van der Waals surface area contributed by atoms with Gasteiger partial charge in [-0.15, -0.1) is 11.3 Å². The Morgan fingerprint density at radius 1 is 0.933 bits per heavy atom. The third-order valence-corrected chi connectivity index (χ3v) is 7.06. The van der Waals surface area contributed by atoms with Crippen molar-refractivity contribution in [3.63, 3.8) is 0 Å². The van der Waals surface area contributed by atoms with Crippen LogP contribution in [-0.2, 0) is 10.0 Å². The largest absolute Gasteiger partial charge is 0.493 e. The molecule has 0 amide bonds. The number of fused-ring (bicyclic) bond motifs is 1. The average Bonchev–Trinajstić information content (AvgIpc) is 3.29. The summed E-state index contributed by atoms with van der Waals surface area (Å²) in [5, 5.41) is 5.67. The smallest absolute Gasteiger partial charge is 0.271 e. The minimum atomic E-state index is -3.63. The van der Waals surface area contributed by atoms with Crippen LogP contribution in [0.5, 0.6) is 11.5 Å². The molecule has 4 aromatic rings. The van der Waals surface area contributed by atoms with Crippen molar-refractivity contribution in [2.75, 3.05) is 24.3 Å². The molecule has 0 radical (unpaired) electrons. The fourth-order valence-corrected chi connectivity index (χ4v) is 4.94. The van der Waals surface area contributed by atoms with Crippen LogP contribution in [0.25, 0.3) is 10.9 Å². The molecule has 2 aromatic carbocycles. The van der Waals surface area contributed by atoms with Gasteiger partial charge in [-0.25, -0.2) is 18.4 Å². The van der Waals surface area contributed by atoms with Gasteiger partial charge in [0.05, 0.1) is 25.4 Å². The summed E-state index contributed by atoms with van der Waals surface area (Å²) < 4.78 is 38.5. The summed E-state index contributed by atoms with van der Waals surface area (Å²) in [7, 11) is -0.505. The quantitative estimate of drug-likeness (QED) is 0.441. The van der Waals surface area contributed by atoms with Gasteiger partial charge in [-0.2, -0.15) is 0 Å². The van der Waals surface area contributed by atoms with Gasteiger partial charge in [-0.1, -0.05) is 12.1 Å². The minimum absolute atomic E-state index is 0.253. The van der Waals surface area contributed by atoms with E-state index in [1.807, 2.05) is 6.07 Å². The molecule has 0 aliphatic heterocycles. The van der Waals surface area contributed by atoms with E-state index in [2.05, 4.69) is 20.0 Å². The fraction of sp³-hybridized carbons (Fsp3) is 0.100. The number of methoxy groups -OCH3 is 2. The number of anilines is 3. The van der Waals surface area contributed by atoms with Crippen LogP contribution in [0.4, 0.5) is 17.2 Å². The number of nitrogens with one attached hydrogen (secondary N) is 2. The Hall–Kier alpha value is -3.37. The Bertz CT molecular complexity index is 1290. The van der Waals surface area contributed by atoms with Crippen molar-refractivity contribution in [3.8, 4) is 11.5 Å². The summed E-state index contributed by atoms with van der Waals surface area (Å²) in [4.78, 5) is 8.61. The standard InChI is InChI=1S/C20H18N4O4S2/c1-27-17-10-15-16(11-18(17)28-2)21-12-22-20(15)23-13-5-3-6-14(9-13)24-30(25,26)19-7-4-8-29-19/h3-12,24H,1-2H3,(H,21,22,23). The lowest BCUT2D eigenvalue weighted by molar-refractivity contribution is 0.356. The van der Waals surface area contributed by atoms with Crippen molar-refractivity contribution < 1.29 is 17.9 Å². The molecule has 4 rings (SSSR count). The normalized spacial score (nSPS) is 11.3. The predicted octanol–water partition coefficient (Wildman–Crippen LogP) is 4.25. The van der Waals surface area contributed by atoms with Crippen molar-refractivity contribution in [3.05, 3.63) is 60.2 Å². The number of hydrogen-bond acceptors (Lipinski definition) is 8. The molecule has 2 N–H and O–H groups in total. The maximum absolute atomic E-state index is 12.5. The highest BCUT2D eigenvalue weighted by Gasteiger charge is 2.16. The van der Waals surface area contributed by atoms with Crippen LogP contribution in [-0.4, -0.2) is 32.6 Å². The van der Waals surface area contributed by atoms with Crippen LogP contribution >= 0.6 is 11.3 Å². The van der Waals surface area contributed by atoms with Crippen LogP contribution in [0.15, 0.2) is 64.4 Å². The maximum Gasteiger partial charge on any atom is 0.271 e. The van der Waals surface area contributed by atoms with Crippen LogP contribution in [0.3, 0.4) is 0 Å². The van der Waals surface area contributed by atoms with E-state index in [9.17, 15) is 8.42 Å². The van der Waals surface area contributed by atoms with E-state index >= 15 is 0 Å². The van der Waals surface area contributed by atoms with Crippen molar-refractivity contribution in [2.24, 2.45) is 0 Å². The molecule has 10 heteroatoms. The van der Waals surface area contributed by atoms with E-state index in [1.54, 1.807) is 62.1 Å². The monoisotopic (exact) mass is 442 g/mol. The van der Waals surface area contributed by atoms with Gasteiger partial charge in [0.15, 0.2) is 11.5 Å². The first-order valence-corrected chi connectivity index (χ1v) is 11.2. The first-order valence-electron chi connectivity index (χ1n) is 8.80. The Morgan fingerprint density at radius 3 is 2.43 bits per heavy atom. The summed E-state index contributed by atoms with van der Waals surface area (Å²) in [5.41, 5.74) is 1.78. The third-order valence-electron chi connectivity index (χ3n) is 4.28. The van der Waals surface area contributed by atoms with Gasteiger partial charge in [0, 0.05) is 17.1 Å². The highest BCUT2D eigenvalue weighted by atomic mass is 32.2. The van der Waals surface area contributed by atoms with Crippen molar-refractivity contribution >= 4 is 49.5 Å². The van der Waals surface area contributed by atoms with E-state index in [4.69, 9.17) is 9.47 Å². The van der Waals surface area contributed by atoms with Gasteiger partial charge in [-0.3, -0.25) is 4.72 Å². The lowest BCUT2D eigenvalue weighted by atomic mass is 10.2. The summed E-state index contributed by atoms with van der Waals surface area (Å²) in [5.74, 6) is 1.68. The Balaban J connectivity index is 1.65. The molecule has 0 spiro atoms. The summed E-state index contributed by atoms with van der Waals surface area (Å²) in [6.07, 6.45) is 1.44. The zero-order valence-electron chi connectivity index (χ0n) is 16.1. The third kappa shape index (κ3) is 4.00. The Kier molecular flexibility index (Phi) is 5.42. The van der Waals surface area contributed by atoms with Gasteiger partial charge >= 0.3 is 0 Å². The van der Waals surface area contributed by atoms with Gasteiger partial charge in [0.1, 0.15) is 16.4 Å². The molecule has 8 nitrogen and oxygen atoms in total. The topological polar surface area (TPSA) is 102 Å². The molecular weight excluding hydrogens is 424 g/mol. The van der Waals surface area contributed by atoms with Crippen LogP contribution in [0, 0.1) is 0 Å². The van der Waals surface area contributed by atoms with Crippen LogP contribution in [0.1, 0.15) is 0 Å². The molecule has 0 unspecified atom stereocenters. The second-order valence-electron chi connectivity index (χ2n) is 6.19. The fourth-order valence-electron chi connectivity index (χ4n) is 2.90. The van der Waals surface area contributed by atoms with E-state index in [-0.39, 0.29) is 4.21 Å². The summed E-state index contributed by atoms with van der Waals surface area (Å²) in [6.45, 7) is 0. The van der Waals surface area contributed by atoms with E-state index < -0.39 is 10.0 Å². The predicted molar refractivity (Wildman–Crippen MR) is 117 cm³/mol. The van der Waals surface area contributed by atoms with E-state index in [0.29, 0.717) is 34.2 Å². The molecule has 0 aliphatic carbocycles. The molecule has 0 aliphatic rings. The molecule has 0 fully saturated rings. The number of ether oxygens (including phenoxy) is 2. The second-order valence-corrected chi connectivity index (χ2v) is 9.05. The van der Waals surface area contributed by atoms with Gasteiger partial charge < -0.3 is 14.8 Å². The van der Waals surface area contributed by atoms with E-state index in [1.165, 1.54) is 6.33 Å². The summed E-state index contributed by atoms with van der Waals surface area (Å²) >= 11 is 1.16. The summed E-state index contributed by atoms with van der Waals surface area (Å²) in [6, 6.07) is 13.8. The molecule has 154 valence electrons. The van der Waals surface area contributed by atoms with Crippen molar-refractivity contribution in [2.45, 2.75) is 4.21 Å². The molecule has 0 atom stereocenters. The first kappa shape index (κ1) is 19.9. The molecule has 2 aromatic heterocycles. The average molecular weight is 443 g/mol. The number of aromatic nitrogens is 2. The number of thiophene rings is 1. The number of hydrogen-bond donors (Lipinski definition) is 2. The first-order chi connectivity index (χ1) is 14.5. The Labute approximate surface area is 177 Å². The Morgan fingerprint density at radius 2 is 1.70 bits per heavy atom. The highest BCUT2D eigenvalue weighted by molar-refractivity contribution is 7.94. The van der Waals surface area contributed by atoms with Gasteiger partial charge in [0.2, 0.25) is 0 Å². The molecule has 0 bridgehead atoms. The van der Waals surface area contributed by atoms with Crippen molar-refractivity contribution in [1.82, 2.24) is 9.97 Å². The van der Waals surface area contributed by atoms with Gasteiger partial charge in [-0.05, 0) is 35.7 Å². The second kappa shape index (κ2) is 8.17. The molecule has 0 saturated carbocycles. The highest BCUT2D eigenvalue weighted by Crippen LogP contribution is 2.34. The zero-order valence-corrected chi connectivity index (χ0v) is 17.8. The molecular formula is C20H18N4O4S2. The number of nitrogens with zero attached hydrogens (tertiary/aromatic N) is 2. The lowest BCUT2D eigenvalue weighted by Crippen LogP contribution is -2.11. The SMILES string of the molecule is COc1cc2ncnc(Nc3cccc(NS(=O)(=O)c4cccs4)c3)c2cc1OC. The van der Waals surface area contributed by atoms with Crippen LogP contribution < -0.4 is 19.5 Å². The zero-order chi connectivity index (χ0) is 21.1. The maximum atomic E-state index is 12.5. The minimum Gasteiger partial charge on any atom is -0.493 e. The van der Waals surface area contributed by atoms with Crippen molar-refractivity contribution in [1.29, 1.82) is 0 Å².